The van der Waals surface area contributed by atoms with Crippen LogP contribution in [0.25, 0.3) is 0 Å². The Hall–Kier alpha value is -2.04. The van der Waals surface area contributed by atoms with E-state index in [-0.39, 0.29) is 18.2 Å². The minimum Gasteiger partial charge on any atom is -0.372 e. The molecule has 0 radical (unpaired) electrons. The van der Waals surface area contributed by atoms with Gasteiger partial charge in [0.2, 0.25) is 5.91 Å². The van der Waals surface area contributed by atoms with Gasteiger partial charge in [0.1, 0.15) is 6.04 Å². The average molecular weight is 363 g/mol. The van der Waals surface area contributed by atoms with Crippen molar-refractivity contribution >= 4 is 46.4 Å². The zero-order valence-electron chi connectivity index (χ0n) is 13.3. The highest BCUT2D eigenvalue weighted by atomic mass is 35.5. The van der Waals surface area contributed by atoms with E-state index in [0.29, 0.717) is 21.4 Å². The Morgan fingerprint density at radius 3 is 2.46 bits per heavy atom. The van der Waals surface area contributed by atoms with Gasteiger partial charge in [-0.15, -0.1) is 0 Å². The molecule has 2 amide bonds. The second-order valence-electron chi connectivity index (χ2n) is 5.86. The number of anilines is 2. The van der Waals surface area contributed by atoms with Crippen LogP contribution in [0.4, 0.5) is 11.4 Å². The van der Waals surface area contributed by atoms with Crippen molar-refractivity contribution in [2.24, 2.45) is 0 Å². The fraction of sp³-hybridized carbons (Fsp3) is 0.222. The van der Waals surface area contributed by atoms with Crippen molar-refractivity contribution in [1.29, 1.82) is 0 Å². The van der Waals surface area contributed by atoms with Crippen molar-refractivity contribution in [2.45, 2.75) is 26.3 Å². The van der Waals surface area contributed by atoms with E-state index in [2.05, 4.69) is 5.32 Å². The Bertz CT molecular complexity index is 836. The molecule has 124 valence electrons. The normalized spacial score (nSPS) is 17.5. The van der Waals surface area contributed by atoms with Gasteiger partial charge in [0.15, 0.2) is 0 Å². The Kier molecular flexibility index (Phi) is 4.52. The molecule has 1 atom stereocenters. The van der Waals surface area contributed by atoms with E-state index >= 15 is 0 Å². The highest BCUT2D eigenvalue weighted by molar-refractivity contribution is 6.36. The summed E-state index contributed by atoms with van der Waals surface area (Å²) in [5.74, 6) is -0.514. The third-order valence-corrected chi connectivity index (χ3v) is 4.70. The Morgan fingerprint density at radius 1 is 1.04 bits per heavy atom. The minimum absolute atomic E-state index is 0.0880. The van der Waals surface area contributed by atoms with Crippen LogP contribution >= 0.6 is 23.2 Å². The van der Waals surface area contributed by atoms with E-state index in [1.54, 1.807) is 24.3 Å². The lowest BCUT2D eigenvalue weighted by molar-refractivity contribution is -0.121. The van der Waals surface area contributed by atoms with E-state index in [0.717, 1.165) is 11.1 Å². The summed E-state index contributed by atoms with van der Waals surface area (Å²) in [7, 11) is 0. The lowest BCUT2D eigenvalue weighted by Crippen LogP contribution is -2.34. The molecule has 0 spiro atoms. The quantitative estimate of drug-likeness (QED) is 0.825. The van der Waals surface area contributed by atoms with Crippen LogP contribution in [-0.4, -0.2) is 17.9 Å². The molecule has 0 aromatic heterocycles. The number of aryl methyl sites for hydroxylation is 2. The number of amides is 2. The molecule has 6 heteroatoms. The van der Waals surface area contributed by atoms with E-state index < -0.39 is 6.04 Å². The van der Waals surface area contributed by atoms with Gasteiger partial charge in [-0.25, -0.2) is 4.90 Å². The molecular weight excluding hydrogens is 347 g/mol. The summed E-state index contributed by atoms with van der Waals surface area (Å²) < 4.78 is 0. The SMILES string of the molecule is Cc1ccc(N2C(=O)C[C@H](Nc3ccc(Cl)cc3Cl)C2=O)cc1C. The monoisotopic (exact) mass is 362 g/mol. The summed E-state index contributed by atoms with van der Waals surface area (Å²) >= 11 is 12.0. The molecule has 0 unspecified atom stereocenters. The molecule has 1 saturated heterocycles. The zero-order chi connectivity index (χ0) is 17.4. The summed E-state index contributed by atoms with van der Waals surface area (Å²) in [6.07, 6.45) is 0.0880. The minimum atomic E-state index is -0.641. The Labute approximate surface area is 150 Å². The van der Waals surface area contributed by atoms with Gasteiger partial charge in [0.05, 0.1) is 22.8 Å². The van der Waals surface area contributed by atoms with Crippen molar-refractivity contribution in [3.8, 4) is 0 Å². The fourth-order valence-corrected chi connectivity index (χ4v) is 3.14. The number of imide groups is 1. The lowest BCUT2D eigenvalue weighted by atomic mass is 10.1. The Morgan fingerprint density at radius 2 is 1.79 bits per heavy atom. The molecule has 1 fully saturated rings. The van der Waals surface area contributed by atoms with Crippen LogP contribution < -0.4 is 10.2 Å². The maximum absolute atomic E-state index is 12.7. The summed E-state index contributed by atoms with van der Waals surface area (Å²) in [6, 6.07) is 9.87. The molecule has 0 aliphatic carbocycles. The largest absolute Gasteiger partial charge is 0.372 e. The highest BCUT2D eigenvalue weighted by Gasteiger charge is 2.39. The fourth-order valence-electron chi connectivity index (χ4n) is 2.67. The van der Waals surface area contributed by atoms with E-state index in [9.17, 15) is 9.59 Å². The maximum Gasteiger partial charge on any atom is 0.256 e. The second kappa shape index (κ2) is 6.46. The number of hydrogen-bond acceptors (Lipinski definition) is 3. The highest BCUT2D eigenvalue weighted by Crippen LogP contribution is 2.30. The van der Waals surface area contributed by atoms with E-state index in [4.69, 9.17) is 23.2 Å². The Balaban J connectivity index is 1.84. The topological polar surface area (TPSA) is 49.4 Å². The predicted molar refractivity (Wildman–Crippen MR) is 96.9 cm³/mol. The summed E-state index contributed by atoms with van der Waals surface area (Å²) in [4.78, 5) is 26.2. The van der Waals surface area contributed by atoms with Gasteiger partial charge in [-0.1, -0.05) is 29.3 Å². The van der Waals surface area contributed by atoms with Gasteiger partial charge in [-0.3, -0.25) is 9.59 Å². The molecule has 1 heterocycles. The molecular formula is C18H16Cl2N2O2. The number of nitrogens with zero attached hydrogens (tertiary/aromatic N) is 1. The van der Waals surface area contributed by atoms with Crippen molar-refractivity contribution in [3.63, 3.8) is 0 Å². The van der Waals surface area contributed by atoms with Gasteiger partial charge in [-0.2, -0.15) is 0 Å². The van der Waals surface area contributed by atoms with Crippen molar-refractivity contribution in [1.82, 2.24) is 0 Å². The summed E-state index contributed by atoms with van der Waals surface area (Å²) in [5.41, 5.74) is 3.32. The number of nitrogens with one attached hydrogen (secondary N) is 1. The van der Waals surface area contributed by atoms with Crippen molar-refractivity contribution in [3.05, 3.63) is 57.6 Å². The molecule has 24 heavy (non-hydrogen) atoms. The zero-order valence-corrected chi connectivity index (χ0v) is 14.8. The van der Waals surface area contributed by atoms with Crippen molar-refractivity contribution < 1.29 is 9.59 Å². The van der Waals surface area contributed by atoms with E-state index in [1.807, 2.05) is 26.0 Å². The molecule has 1 aliphatic rings. The molecule has 1 aliphatic heterocycles. The van der Waals surface area contributed by atoms with Crippen LogP contribution in [0, 0.1) is 13.8 Å². The van der Waals surface area contributed by atoms with E-state index in [1.165, 1.54) is 4.90 Å². The van der Waals surface area contributed by atoms with Crippen LogP contribution in [-0.2, 0) is 9.59 Å². The number of benzene rings is 2. The van der Waals surface area contributed by atoms with Crippen molar-refractivity contribution in [2.75, 3.05) is 10.2 Å². The lowest BCUT2D eigenvalue weighted by Gasteiger charge is -2.17. The molecule has 2 aromatic carbocycles. The number of halogens is 2. The van der Waals surface area contributed by atoms with Gasteiger partial charge in [-0.05, 0) is 55.3 Å². The van der Waals surface area contributed by atoms with Crippen LogP contribution in [0.15, 0.2) is 36.4 Å². The summed E-state index contributed by atoms with van der Waals surface area (Å²) in [5, 5.41) is 3.96. The average Bonchev–Trinajstić information content (AvgIpc) is 2.79. The molecule has 3 rings (SSSR count). The molecule has 4 nitrogen and oxygen atoms in total. The first-order valence-corrected chi connectivity index (χ1v) is 8.28. The first kappa shape index (κ1) is 16.8. The third-order valence-electron chi connectivity index (χ3n) is 4.16. The second-order valence-corrected chi connectivity index (χ2v) is 6.70. The molecule has 0 bridgehead atoms. The van der Waals surface area contributed by atoms with Crippen LogP contribution in [0.2, 0.25) is 10.0 Å². The smallest absolute Gasteiger partial charge is 0.256 e. The molecule has 1 N–H and O–H groups in total. The molecule has 0 saturated carbocycles. The maximum atomic E-state index is 12.7. The number of carbonyl (C=O) groups excluding carboxylic acids is 2. The van der Waals surface area contributed by atoms with Gasteiger partial charge >= 0.3 is 0 Å². The predicted octanol–water partition coefficient (Wildman–Crippen LogP) is 4.35. The third kappa shape index (κ3) is 3.12. The first-order chi connectivity index (χ1) is 11.4. The van der Waals surface area contributed by atoms with Crippen LogP contribution in [0.1, 0.15) is 17.5 Å². The number of hydrogen-bond donors (Lipinski definition) is 1. The molecule has 2 aromatic rings. The van der Waals surface area contributed by atoms with Gasteiger partial charge < -0.3 is 5.32 Å². The van der Waals surface area contributed by atoms with Gasteiger partial charge in [0, 0.05) is 5.02 Å². The van der Waals surface area contributed by atoms with Crippen LogP contribution in [0.3, 0.4) is 0 Å². The first-order valence-electron chi connectivity index (χ1n) is 7.52. The standard InChI is InChI=1S/C18H16Cl2N2O2/c1-10-3-5-13(7-11(10)2)22-17(23)9-16(18(22)24)21-15-6-4-12(19)8-14(15)20/h3-8,16,21H,9H2,1-2H3/t16-/m0/s1. The van der Waals surface area contributed by atoms with Gasteiger partial charge in [0.25, 0.3) is 5.91 Å². The summed E-state index contributed by atoms with van der Waals surface area (Å²) in [6.45, 7) is 3.94. The van der Waals surface area contributed by atoms with Crippen LogP contribution in [0.5, 0.6) is 0 Å². The number of carbonyl (C=O) groups is 2. The number of rotatable bonds is 3.